The van der Waals surface area contributed by atoms with Crippen LogP contribution in [0.4, 0.5) is 0 Å². The molecule has 1 saturated heterocycles. The van der Waals surface area contributed by atoms with Crippen LogP contribution in [-0.4, -0.2) is 43.1 Å². The molecule has 5 heteroatoms. The molecule has 1 aromatic carbocycles. The van der Waals surface area contributed by atoms with Crippen LogP contribution in [0.15, 0.2) is 24.3 Å². The molecule has 1 aliphatic rings. The molecular formula is C13H20N2O2Si. The molecule has 0 aromatic heterocycles. The Balaban J connectivity index is 2.12. The average molecular weight is 264 g/mol. The molecule has 1 aromatic rings. The van der Waals surface area contributed by atoms with Crippen molar-refractivity contribution in [2.45, 2.75) is 25.6 Å². The summed E-state index contributed by atoms with van der Waals surface area (Å²) in [5, 5.41) is 0.942. The Morgan fingerprint density at radius 2 is 2.00 bits per heavy atom. The van der Waals surface area contributed by atoms with Gasteiger partial charge in [-0.05, 0) is 36.8 Å². The van der Waals surface area contributed by atoms with Gasteiger partial charge in [0.1, 0.15) is 0 Å². The Bertz CT molecular complexity index is 439. The molecule has 1 fully saturated rings. The molecule has 0 saturated carbocycles. The van der Waals surface area contributed by atoms with Crippen LogP contribution in [0.3, 0.4) is 0 Å². The lowest BCUT2D eigenvalue weighted by atomic mass is 10.2. The maximum absolute atomic E-state index is 12.2. The SMILES string of the molecule is C[Si](C)(O)c1ccc(C(=O)N2CCC(N)C2)cc1. The number of hydrogen-bond donors (Lipinski definition) is 2. The molecule has 0 bridgehead atoms. The van der Waals surface area contributed by atoms with Crippen molar-refractivity contribution in [1.82, 2.24) is 4.90 Å². The molecule has 0 aliphatic carbocycles. The van der Waals surface area contributed by atoms with Crippen molar-refractivity contribution >= 4 is 19.4 Å². The van der Waals surface area contributed by atoms with Crippen LogP contribution in [0.2, 0.25) is 13.1 Å². The summed E-state index contributed by atoms with van der Waals surface area (Å²) < 4.78 is 0. The van der Waals surface area contributed by atoms with E-state index in [-0.39, 0.29) is 11.9 Å². The van der Waals surface area contributed by atoms with Gasteiger partial charge in [0.2, 0.25) is 8.32 Å². The van der Waals surface area contributed by atoms with Gasteiger partial charge in [0.15, 0.2) is 0 Å². The molecule has 1 unspecified atom stereocenters. The van der Waals surface area contributed by atoms with E-state index in [0.717, 1.165) is 18.2 Å². The van der Waals surface area contributed by atoms with Crippen LogP contribution in [0.5, 0.6) is 0 Å². The monoisotopic (exact) mass is 264 g/mol. The van der Waals surface area contributed by atoms with Crippen molar-refractivity contribution in [2.75, 3.05) is 13.1 Å². The third kappa shape index (κ3) is 2.80. The number of benzene rings is 1. The van der Waals surface area contributed by atoms with Gasteiger partial charge < -0.3 is 15.4 Å². The zero-order valence-electron chi connectivity index (χ0n) is 10.9. The number of amides is 1. The number of nitrogens with zero attached hydrogens (tertiary/aromatic N) is 1. The largest absolute Gasteiger partial charge is 0.428 e. The van der Waals surface area contributed by atoms with Gasteiger partial charge in [-0.3, -0.25) is 4.79 Å². The van der Waals surface area contributed by atoms with Crippen molar-refractivity contribution in [3.8, 4) is 0 Å². The van der Waals surface area contributed by atoms with Gasteiger partial charge in [-0.2, -0.15) is 0 Å². The third-order valence-corrected chi connectivity index (χ3v) is 5.10. The van der Waals surface area contributed by atoms with Crippen molar-refractivity contribution in [1.29, 1.82) is 0 Å². The summed E-state index contributed by atoms with van der Waals surface area (Å²) in [5.41, 5.74) is 6.47. The van der Waals surface area contributed by atoms with Crippen LogP contribution in [0.25, 0.3) is 0 Å². The average Bonchev–Trinajstić information content (AvgIpc) is 2.74. The van der Waals surface area contributed by atoms with Gasteiger partial charge in [0.05, 0.1) is 0 Å². The molecule has 1 heterocycles. The lowest BCUT2D eigenvalue weighted by Crippen LogP contribution is -2.41. The minimum atomic E-state index is -2.28. The first-order chi connectivity index (χ1) is 8.38. The number of carbonyl (C=O) groups excluding carboxylic acids is 1. The topological polar surface area (TPSA) is 66.6 Å². The molecule has 4 nitrogen and oxygen atoms in total. The van der Waals surface area contributed by atoms with Crippen molar-refractivity contribution < 1.29 is 9.59 Å². The fourth-order valence-corrected chi connectivity index (χ4v) is 3.16. The second-order valence-corrected chi connectivity index (χ2v) is 9.13. The fourth-order valence-electron chi connectivity index (χ4n) is 2.18. The van der Waals surface area contributed by atoms with Gasteiger partial charge in [0, 0.05) is 24.7 Å². The molecule has 18 heavy (non-hydrogen) atoms. The summed E-state index contributed by atoms with van der Waals surface area (Å²) in [5.74, 6) is 0.0342. The van der Waals surface area contributed by atoms with E-state index in [2.05, 4.69) is 0 Å². The zero-order valence-corrected chi connectivity index (χ0v) is 11.9. The summed E-state index contributed by atoms with van der Waals surface area (Å²) in [6, 6.07) is 7.42. The van der Waals surface area contributed by atoms with Crippen LogP contribution < -0.4 is 10.9 Å². The number of rotatable bonds is 2. The molecule has 1 amide bonds. The highest BCUT2D eigenvalue weighted by molar-refractivity contribution is 6.83. The first-order valence-corrected chi connectivity index (χ1v) is 9.20. The van der Waals surface area contributed by atoms with Crippen LogP contribution in [0.1, 0.15) is 16.8 Å². The number of likely N-dealkylation sites (tertiary alicyclic amines) is 1. The summed E-state index contributed by atoms with van der Waals surface area (Å²) in [7, 11) is -2.28. The van der Waals surface area contributed by atoms with Gasteiger partial charge in [-0.25, -0.2) is 0 Å². The summed E-state index contributed by atoms with van der Waals surface area (Å²) in [6.07, 6.45) is 0.875. The molecule has 2 rings (SSSR count). The van der Waals surface area contributed by atoms with Gasteiger partial charge in [-0.15, -0.1) is 0 Å². The molecule has 3 N–H and O–H groups in total. The number of nitrogens with two attached hydrogens (primary N) is 1. The van der Waals surface area contributed by atoms with Crippen LogP contribution in [-0.2, 0) is 0 Å². The Kier molecular flexibility index (Phi) is 3.56. The first-order valence-electron chi connectivity index (χ1n) is 6.25. The maximum Gasteiger partial charge on any atom is 0.253 e. The van der Waals surface area contributed by atoms with E-state index in [4.69, 9.17) is 5.73 Å². The summed E-state index contributed by atoms with van der Waals surface area (Å²) >= 11 is 0. The Morgan fingerprint density at radius 1 is 1.39 bits per heavy atom. The molecule has 1 aliphatic heterocycles. The maximum atomic E-state index is 12.2. The normalized spacial score (nSPS) is 20.2. The Morgan fingerprint density at radius 3 is 2.44 bits per heavy atom. The quantitative estimate of drug-likeness (QED) is 0.753. The molecule has 98 valence electrons. The zero-order chi connectivity index (χ0) is 13.3. The Labute approximate surface area is 109 Å². The second kappa shape index (κ2) is 4.83. The van der Waals surface area contributed by atoms with Crippen molar-refractivity contribution in [3.05, 3.63) is 29.8 Å². The van der Waals surface area contributed by atoms with E-state index < -0.39 is 8.32 Å². The standard InChI is InChI=1S/C13H20N2O2Si/c1-18(2,17)12-5-3-10(4-6-12)13(16)15-8-7-11(14)9-15/h3-6,11,17H,7-9,14H2,1-2H3. The van der Waals surface area contributed by atoms with Crippen molar-refractivity contribution in [2.24, 2.45) is 5.73 Å². The van der Waals surface area contributed by atoms with Gasteiger partial charge >= 0.3 is 0 Å². The lowest BCUT2D eigenvalue weighted by Gasteiger charge is -2.18. The Hall–Kier alpha value is -1.17. The summed E-state index contributed by atoms with van der Waals surface area (Å²) in [6.45, 7) is 5.11. The predicted octanol–water partition coefficient (Wildman–Crippen LogP) is 0.264. The third-order valence-electron chi connectivity index (χ3n) is 3.35. The van der Waals surface area contributed by atoms with E-state index in [0.29, 0.717) is 12.1 Å². The van der Waals surface area contributed by atoms with E-state index in [1.165, 1.54) is 0 Å². The summed E-state index contributed by atoms with van der Waals surface area (Å²) in [4.78, 5) is 24.0. The highest BCUT2D eigenvalue weighted by Gasteiger charge is 2.25. The fraction of sp³-hybridized carbons (Fsp3) is 0.462. The molecule has 0 radical (unpaired) electrons. The second-order valence-electron chi connectivity index (χ2n) is 5.44. The highest BCUT2D eigenvalue weighted by atomic mass is 28.4. The van der Waals surface area contributed by atoms with Gasteiger partial charge in [0.25, 0.3) is 5.91 Å². The molecule has 0 spiro atoms. The van der Waals surface area contributed by atoms with Gasteiger partial charge in [-0.1, -0.05) is 12.1 Å². The smallest absolute Gasteiger partial charge is 0.253 e. The first kappa shape index (κ1) is 13.3. The van der Waals surface area contributed by atoms with E-state index in [1.807, 2.05) is 25.2 Å². The van der Waals surface area contributed by atoms with Crippen LogP contribution >= 0.6 is 0 Å². The van der Waals surface area contributed by atoms with E-state index in [9.17, 15) is 9.59 Å². The minimum Gasteiger partial charge on any atom is -0.428 e. The number of carbonyl (C=O) groups is 1. The molecular weight excluding hydrogens is 244 g/mol. The lowest BCUT2D eigenvalue weighted by molar-refractivity contribution is 0.0791. The molecule has 1 atom stereocenters. The van der Waals surface area contributed by atoms with E-state index in [1.54, 1.807) is 17.0 Å². The number of hydrogen-bond acceptors (Lipinski definition) is 3. The van der Waals surface area contributed by atoms with E-state index >= 15 is 0 Å². The minimum absolute atomic E-state index is 0.0342. The predicted molar refractivity (Wildman–Crippen MR) is 74.3 cm³/mol. The highest BCUT2D eigenvalue weighted by Crippen LogP contribution is 2.12. The van der Waals surface area contributed by atoms with Crippen LogP contribution in [0, 0.1) is 0 Å². The van der Waals surface area contributed by atoms with Crippen molar-refractivity contribution in [3.63, 3.8) is 0 Å².